The highest BCUT2D eigenvalue weighted by atomic mass is 35.5. The van der Waals surface area contributed by atoms with Gasteiger partial charge in [0.15, 0.2) is 5.11 Å². The Balaban J connectivity index is 1.70. The van der Waals surface area contributed by atoms with E-state index in [9.17, 15) is 0 Å². The number of halogens is 2. The van der Waals surface area contributed by atoms with E-state index in [1.165, 1.54) is 0 Å². The summed E-state index contributed by atoms with van der Waals surface area (Å²) in [5, 5.41) is 5.40. The van der Waals surface area contributed by atoms with Gasteiger partial charge in [0.1, 0.15) is 0 Å². The zero-order valence-corrected chi connectivity index (χ0v) is 16.1. The van der Waals surface area contributed by atoms with Crippen LogP contribution >= 0.6 is 35.4 Å². The zero-order valence-electron chi connectivity index (χ0n) is 13.8. The van der Waals surface area contributed by atoms with Gasteiger partial charge in [-0.25, -0.2) is 0 Å². The predicted molar refractivity (Wildman–Crippen MR) is 109 cm³/mol. The van der Waals surface area contributed by atoms with Crippen LogP contribution in [0, 0.1) is 0 Å². The summed E-state index contributed by atoms with van der Waals surface area (Å²) in [6.07, 6.45) is 2.40. The van der Waals surface area contributed by atoms with Crippen molar-refractivity contribution in [1.29, 1.82) is 0 Å². The molecule has 0 aromatic heterocycles. The number of ether oxygens (including phenoxy) is 1. The van der Waals surface area contributed by atoms with Crippen LogP contribution in [-0.2, 0) is 11.3 Å². The van der Waals surface area contributed by atoms with Crippen LogP contribution in [0.3, 0.4) is 0 Å². The molecule has 2 aromatic carbocycles. The Hall–Kier alpha value is -1.33. The Labute approximate surface area is 163 Å². The van der Waals surface area contributed by atoms with Crippen molar-refractivity contribution in [3.05, 3.63) is 64.1 Å². The van der Waals surface area contributed by atoms with Gasteiger partial charge in [-0.05, 0) is 67.0 Å². The fourth-order valence-corrected chi connectivity index (χ4v) is 3.31. The quantitative estimate of drug-likeness (QED) is 0.688. The summed E-state index contributed by atoms with van der Waals surface area (Å²) >= 11 is 17.6. The van der Waals surface area contributed by atoms with Gasteiger partial charge in [0.05, 0.1) is 6.10 Å². The second-order valence-corrected chi connectivity index (χ2v) is 7.34. The fraction of sp³-hybridized carbons (Fsp3) is 0.316. The Morgan fingerprint density at radius 1 is 1.08 bits per heavy atom. The molecular formula is C19H20Cl2N2OS. The topological polar surface area (TPSA) is 24.5 Å². The molecule has 3 nitrogen and oxygen atoms in total. The van der Waals surface area contributed by atoms with Crippen molar-refractivity contribution >= 4 is 46.2 Å². The lowest BCUT2D eigenvalue weighted by Gasteiger charge is -2.28. The Bertz CT molecular complexity index is 700. The van der Waals surface area contributed by atoms with E-state index in [2.05, 4.69) is 10.2 Å². The number of anilines is 1. The predicted octanol–water partition coefficient (Wildman–Crippen LogP) is 5.37. The SMILES string of the molecule is S=C(Nc1ccc(Cl)cc1)N(Cc1ccc(Cl)cc1)C[C@@H]1CCCO1. The van der Waals surface area contributed by atoms with Crippen LogP contribution in [-0.4, -0.2) is 29.3 Å². The van der Waals surface area contributed by atoms with Gasteiger partial charge < -0.3 is 15.0 Å². The van der Waals surface area contributed by atoms with E-state index in [1.807, 2.05) is 48.5 Å². The first-order chi connectivity index (χ1) is 12.1. The number of benzene rings is 2. The molecule has 1 saturated heterocycles. The summed E-state index contributed by atoms with van der Waals surface area (Å²) in [6, 6.07) is 15.4. The summed E-state index contributed by atoms with van der Waals surface area (Å²) in [4.78, 5) is 2.14. The van der Waals surface area contributed by atoms with Crippen LogP contribution in [0.5, 0.6) is 0 Å². The molecule has 6 heteroatoms. The zero-order chi connectivity index (χ0) is 17.6. The maximum absolute atomic E-state index is 5.99. The molecule has 0 spiro atoms. The number of hydrogen-bond acceptors (Lipinski definition) is 2. The Kier molecular flexibility index (Phi) is 6.54. The molecule has 3 rings (SSSR count). The highest BCUT2D eigenvalue weighted by Crippen LogP contribution is 2.19. The number of hydrogen-bond donors (Lipinski definition) is 1. The minimum absolute atomic E-state index is 0.220. The van der Waals surface area contributed by atoms with Gasteiger partial charge in [0.25, 0.3) is 0 Å². The van der Waals surface area contributed by atoms with E-state index >= 15 is 0 Å². The van der Waals surface area contributed by atoms with Gasteiger partial charge >= 0.3 is 0 Å². The smallest absolute Gasteiger partial charge is 0.173 e. The minimum atomic E-state index is 0.220. The summed E-state index contributed by atoms with van der Waals surface area (Å²) < 4.78 is 5.79. The van der Waals surface area contributed by atoms with Crippen molar-refractivity contribution in [2.24, 2.45) is 0 Å². The van der Waals surface area contributed by atoms with Gasteiger partial charge in [-0.3, -0.25) is 0 Å². The molecule has 0 amide bonds. The van der Waals surface area contributed by atoms with Gasteiger partial charge in [0.2, 0.25) is 0 Å². The first-order valence-electron chi connectivity index (χ1n) is 8.28. The van der Waals surface area contributed by atoms with Crippen LogP contribution < -0.4 is 5.32 Å². The third-order valence-corrected chi connectivity index (χ3v) is 4.98. The van der Waals surface area contributed by atoms with Crippen LogP contribution in [0.15, 0.2) is 48.5 Å². The molecule has 25 heavy (non-hydrogen) atoms. The summed E-state index contributed by atoms with van der Waals surface area (Å²) in [6.45, 7) is 2.30. The van der Waals surface area contributed by atoms with Crippen LogP contribution in [0.25, 0.3) is 0 Å². The second-order valence-electron chi connectivity index (χ2n) is 6.08. The van der Waals surface area contributed by atoms with E-state index in [4.69, 9.17) is 40.2 Å². The third kappa shape index (κ3) is 5.58. The Morgan fingerprint density at radius 3 is 2.32 bits per heavy atom. The van der Waals surface area contributed by atoms with E-state index in [0.29, 0.717) is 16.7 Å². The van der Waals surface area contributed by atoms with Gasteiger partial charge in [0, 0.05) is 35.4 Å². The summed E-state index contributed by atoms with van der Waals surface area (Å²) in [5.74, 6) is 0. The second kappa shape index (κ2) is 8.86. The number of thiocarbonyl (C=S) groups is 1. The minimum Gasteiger partial charge on any atom is -0.376 e. The molecular weight excluding hydrogens is 375 g/mol. The highest BCUT2D eigenvalue weighted by molar-refractivity contribution is 7.80. The van der Waals surface area contributed by atoms with E-state index in [1.54, 1.807) is 0 Å². The van der Waals surface area contributed by atoms with Gasteiger partial charge in [-0.2, -0.15) is 0 Å². The Morgan fingerprint density at radius 2 is 1.72 bits per heavy atom. The van der Waals surface area contributed by atoms with Crippen LogP contribution in [0.4, 0.5) is 5.69 Å². The van der Waals surface area contributed by atoms with E-state index < -0.39 is 0 Å². The lowest BCUT2D eigenvalue weighted by atomic mass is 10.2. The highest BCUT2D eigenvalue weighted by Gasteiger charge is 2.21. The standard InChI is InChI=1S/C19H20Cl2N2OS/c20-15-5-3-14(4-6-15)12-23(13-18-2-1-11-24-18)19(25)22-17-9-7-16(21)8-10-17/h3-10,18H,1-2,11-13H2,(H,22,25)/t18-/m0/s1. The molecule has 1 heterocycles. The maximum atomic E-state index is 5.99. The molecule has 1 atom stereocenters. The van der Waals surface area contributed by atoms with E-state index in [0.717, 1.165) is 42.3 Å². The van der Waals surface area contributed by atoms with Crippen LogP contribution in [0.2, 0.25) is 10.0 Å². The molecule has 0 aliphatic carbocycles. The average molecular weight is 395 g/mol. The van der Waals surface area contributed by atoms with Crippen molar-refractivity contribution in [3.8, 4) is 0 Å². The van der Waals surface area contributed by atoms with Crippen LogP contribution in [0.1, 0.15) is 18.4 Å². The number of nitrogens with zero attached hydrogens (tertiary/aromatic N) is 1. The lowest BCUT2D eigenvalue weighted by Crippen LogP contribution is -2.39. The molecule has 1 fully saturated rings. The maximum Gasteiger partial charge on any atom is 0.173 e. The van der Waals surface area contributed by atoms with Crippen molar-refractivity contribution < 1.29 is 4.74 Å². The molecule has 1 N–H and O–H groups in total. The van der Waals surface area contributed by atoms with Crippen molar-refractivity contribution in [2.45, 2.75) is 25.5 Å². The average Bonchev–Trinajstić information content (AvgIpc) is 3.11. The normalized spacial score (nSPS) is 16.6. The number of nitrogens with one attached hydrogen (secondary N) is 1. The monoisotopic (exact) mass is 394 g/mol. The molecule has 2 aromatic rings. The van der Waals surface area contributed by atoms with E-state index in [-0.39, 0.29) is 6.10 Å². The fourth-order valence-electron chi connectivity index (χ4n) is 2.80. The van der Waals surface area contributed by atoms with Gasteiger partial charge in [-0.1, -0.05) is 35.3 Å². The molecule has 1 aliphatic heterocycles. The van der Waals surface area contributed by atoms with Gasteiger partial charge in [-0.15, -0.1) is 0 Å². The van der Waals surface area contributed by atoms with Crippen molar-refractivity contribution in [3.63, 3.8) is 0 Å². The molecule has 0 radical (unpaired) electrons. The molecule has 1 aliphatic rings. The largest absolute Gasteiger partial charge is 0.376 e. The third-order valence-electron chi connectivity index (χ3n) is 4.12. The first-order valence-corrected chi connectivity index (χ1v) is 9.44. The lowest BCUT2D eigenvalue weighted by molar-refractivity contribution is 0.0905. The summed E-state index contributed by atoms with van der Waals surface area (Å²) in [7, 11) is 0. The summed E-state index contributed by atoms with van der Waals surface area (Å²) in [5.41, 5.74) is 2.07. The van der Waals surface area contributed by atoms with Crippen molar-refractivity contribution in [2.75, 3.05) is 18.5 Å². The number of rotatable bonds is 5. The first kappa shape index (κ1) is 18.5. The van der Waals surface area contributed by atoms with Crippen molar-refractivity contribution in [1.82, 2.24) is 4.90 Å². The molecule has 132 valence electrons. The molecule has 0 saturated carbocycles. The molecule has 0 bridgehead atoms. The molecule has 0 unspecified atom stereocenters.